The molecule has 20 heavy (non-hydrogen) atoms. The Morgan fingerprint density at radius 3 is 2.85 bits per heavy atom. The van der Waals surface area contributed by atoms with E-state index < -0.39 is 11.4 Å². The molecule has 2 rings (SSSR count). The Morgan fingerprint density at radius 1 is 1.50 bits per heavy atom. The highest BCUT2D eigenvalue weighted by Gasteiger charge is 2.33. The Bertz CT molecular complexity index is 476. The average molecular weight is 321 g/mol. The molecule has 0 spiro atoms. The predicted octanol–water partition coefficient (Wildman–Crippen LogP) is 3.05. The van der Waals surface area contributed by atoms with E-state index in [1.807, 2.05) is 6.92 Å². The second-order valence-corrected chi connectivity index (χ2v) is 5.55. The topological polar surface area (TPSA) is 41.1 Å². The van der Waals surface area contributed by atoms with Crippen LogP contribution in [0.25, 0.3) is 0 Å². The molecule has 0 aromatic heterocycles. The van der Waals surface area contributed by atoms with Crippen molar-refractivity contribution in [2.75, 3.05) is 6.54 Å². The summed E-state index contributed by atoms with van der Waals surface area (Å²) >= 11 is 5.71. The first-order valence-electron chi connectivity index (χ1n) is 6.48. The maximum atomic E-state index is 13.0. The zero-order valence-corrected chi connectivity index (χ0v) is 12.9. The van der Waals surface area contributed by atoms with E-state index in [1.165, 1.54) is 12.1 Å². The summed E-state index contributed by atoms with van der Waals surface area (Å²) in [6, 6.07) is 4.47. The van der Waals surface area contributed by atoms with Gasteiger partial charge in [0.25, 0.3) is 0 Å². The van der Waals surface area contributed by atoms with E-state index in [2.05, 4.69) is 10.6 Å². The molecule has 6 heteroatoms. The molecule has 0 saturated carbocycles. The van der Waals surface area contributed by atoms with Crippen LogP contribution in [-0.2, 0) is 11.3 Å². The van der Waals surface area contributed by atoms with Gasteiger partial charge in [-0.3, -0.25) is 4.79 Å². The fraction of sp³-hybridized carbons (Fsp3) is 0.500. The van der Waals surface area contributed by atoms with E-state index in [-0.39, 0.29) is 23.3 Å². The third kappa shape index (κ3) is 4.08. The van der Waals surface area contributed by atoms with Crippen LogP contribution in [0.2, 0.25) is 5.02 Å². The number of amides is 1. The molecular formula is C14H19Cl2FN2O. The predicted molar refractivity (Wildman–Crippen MR) is 80.8 cm³/mol. The highest BCUT2D eigenvalue weighted by Crippen LogP contribution is 2.19. The Kier molecular flexibility index (Phi) is 6.24. The first-order valence-corrected chi connectivity index (χ1v) is 6.86. The third-order valence-electron chi connectivity index (χ3n) is 3.56. The first-order chi connectivity index (χ1) is 9.01. The molecule has 0 aliphatic carbocycles. The number of carbonyl (C=O) groups excluding carboxylic acids is 1. The van der Waals surface area contributed by atoms with Gasteiger partial charge in [0.2, 0.25) is 5.91 Å². The normalized spacial score (nSPS) is 21.9. The van der Waals surface area contributed by atoms with Crippen LogP contribution in [0, 0.1) is 5.82 Å². The van der Waals surface area contributed by atoms with E-state index in [1.54, 1.807) is 6.07 Å². The van der Waals surface area contributed by atoms with Gasteiger partial charge in [0, 0.05) is 6.54 Å². The summed E-state index contributed by atoms with van der Waals surface area (Å²) in [6.45, 7) is 3.14. The number of benzene rings is 1. The minimum atomic E-state index is -0.498. The highest BCUT2D eigenvalue weighted by molar-refractivity contribution is 6.30. The van der Waals surface area contributed by atoms with Gasteiger partial charge in [-0.05, 0) is 50.4 Å². The van der Waals surface area contributed by atoms with Gasteiger partial charge in [0.1, 0.15) is 5.82 Å². The number of hydrogen-bond acceptors (Lipinski definition) is 2. The van der Waals surface area contributed by atoms with E-state index in [9.17, 15) is 9.18 Å². The van der Waals surface area contributed by atoms with E-state index >= 15 is 0 Å². The van der Waals surface area contributed by atoms with Crippen molar-refractivity contribution in [1.82, 2.24) is 10.6 Å². The number of halogens is 3. The van der Waals surface area contributed by atoms with Crippen LogP contribution in [0.3, 0.4) is 0 Å². The van der Waals surface area contributed by atoms with Crippen LogP contribution in [-0.4, -0.2) is 18.0 Å². The summed E-state index contributed by atoms with van der Waals surface area (Å²) < 4.78 is 13.0. The van der Waals surface area contributed by atoms with E-state index in [0.717, 1.165) is 31.4 Å². The summed E-state index contributed by atoms with van der Waals surface area (Å²) in [5.41, 5.74) is 0.293. The molecule has 1 aliphatic rings. The van der Waals surface area contributed by atoms with Gasteiger partial charge in [0.05, 0.1) is 10.6 Å². The Balaban J connectivity index is 0.00000200. The van der Waals surface area contributed by atoms with Crippen LogP contribution in [0.1, 0.15) is 31.7 Å². The van der Waals surface area contributed by atoms with Crippen molar-refractivity contribution in [3.63, 3.8) is 0 Å². The van der Waals surface area contributed by atoms with Gasteiger partial charge in [-0.1, -0.05) is 17.7 Å². The zero-order chi connectivity index (χ0) is 13.9. The standard InChI is InChI=1S/C14H18ClFN2O.ClH/c1-14(6-2-3-7-18-14)13(19)17-9-10-4-5-12(16)11(15)8-10;/h4-5,8,18H,2-3,6-7,9H2,1H3,(H,17,19);1H. The van der Waals surface area contributed by atoms with Crippen LogP contribution < -0.4 is 10.6 Å². The van der Waals surface area contributed by atoms with Gasteiger partial charge in [-0.15, -0.1) is 12.4 Å². The molecule has 3 nitrogen and oxygen atoms in total. The Morgan fingerprint density at radius 2 is 2.25 bits per heavy atom. The summed E-state index contributed by atoms with van der Waals surface area (Å²) in [4.78, 5) is 12.2. The summed E-state index contributed by atoms with van der Waals surface area (Å²) in [5, 5.41) is 6.20. The Hall–Kier alpha value is -0.840. The average Bonchev–Trinajstić information content (AvgIpc) is 2.40. The highest BCUT2D eigenvalue weighted by atomic mass is 35.5. The minimum absolute atomic E-state index is 0. The van der Waals surface area contributed by atoms with Crippen molar-refractivity contribution >= 4 is 29.9 Å². The fourth-order valence-corrected chi connectivity index (χ4v) is 2.48. The molecule has 112 valence electrons. The van der Waals surface area contributed by atoms with Crippen molar-refractivity contribution in [3.8, 4) is 0 Å². The summed E-state index contributed by atoms with van der Waals surface area (Å²) in [7, 11) is 0. The molecule has 1 unspecified atom stereocenters. The van der Waals surface area contributed by atoms with Crippen molar-refractivity contribution in [1.29, 1.82) is 0 Å². The molecule has 1 atom stereocenters. The molecule has 1 aromatic rings. The van der Waals surface area contributed by atoms with E-state index in [4.69, 9.17) is 11.6 Å². The van der Waals surface area contributed by atoms with Gasteiger partial charge in [-0.2, -0.15) is 0 Å². The Labute approximate surface area is 129 Å². The quantitative estimate of drug-likeness (QED) is 0.898. The van der Waals surface area contributed by atoms with Gasteiger partial charge >= 0.3 is 0 Å². The third-order valence-corrected chi connectivity index (χ3v) is 3.85. The van der Waals surface area contributed by atoms with Crippen LogP contribution in [0.5, 0.6) is 0 Å². The SMILES string of the molecule is CC1(C(=O)NCc2ccc(F)c(Cl)c2)CCCCN1.Cl. The fourth-order valence-electron chi connectivity index (χ4n) is 2.28. The number of piperidine rings is 1. The first kappa shape index (κ1) is 17.2. The molecule has 0 radical (unpaired) electrons. The second-order valence-electron chi connectivity index (χ2n) is 5.15. The lowest BCUT2D eigenvalue weighted by atomic mass is 9.90. The smallest absolute Gasteiger partial charge is 0.240 e. The van der Waals surface area contributed by atoms with Crippen LogP contribution in [0.4, 0.5) is 4.39 Å². The van der Waals surface area contributed by atoms with E-state index in [0.29, 0.717) is 6.54 Å². The van der Waals surface area contributed by atoms with Gasteiger partial charge < -0.3 is 10.6 Å². The summed E-state index contributed by atoms with van der Waals surface area (Å²) in [6.07, 6.45) is 3.00. The number of rotatable bonds is 3. The molecular weight excluding hydrogens is 302 g/mol. The molecule has 0 bridgehead atoms. The molecule has 2 N–H and O–H groups in total. The van der Waals surface area contributed by atoms with Crippen molar-refractivity contribution in [2.45, 2.75) is 38.3 Å². The van der Waals surface area contributed by atoms with Gasteiger partial charge in [0.15, 0.2) is 0 Å². The molecule has 1 heterocycles. The molecule has 1 aliphatic heterocycles. The molecule has 1 fully saturated rings. The number of hydrogen-bond donors (Lipinski definition) is 2. The van der Waals surface area contributed by atoms with Crippen LogP contribution >= 0.6 is 24.0 Å². The van der Waals surface area contributed by atoms with Crippen molar-refractivity contribution < 1.29 is 9.18 Å². The lowest BCUT2D eigenvalue weighted by molar-refractivity contribution is -0.128. The lowest BCUT2D eigenvalue weighted by Gasteiger charge is -2.33. The molecule has 1 amide bonds. The minimum Gasteiger partial charge on any atom is -0.350 e. The second kappa shape index (κ2) is 7.25. The lowest BCUT2D eigenvalue weighted by Crippen LogP contribution is -2.56. The largest absolute Gasteiger partial charge is 0.350 e. The summed E-state index contributed by atoms with van der Waals surface area (Å²) in [5.74, 6) is -0.467. The molecule has 1 aromatic carbocycles. The monoisotopic (exact) mass is 320 g/mol. The number of carbonyl (C=O) groups is 1. The molecule has 1 saturated heterocycles. The zero-order valence-electron chi connectivity index (χ0n) is 11.3. The van der Waals surface area contributed by atoms with Crippen molar-refractivity contribution in [2.24, 2.45) is 0 Å². The van der Waals surface area contributed by atoms with Crippen molar-refractivity contribution in [3.05, 3.63) is 34.6 Å². The maximum absolute atomic E-state index is 13.0. The van der Waals surface area contributed by atoms with Gasteiger partial charge in [-0.25, -0.2) is 4.39 Å². The van der Waals surface area contributed by atoms with Crippen LogP contribution in [0.15, 0.2) is 18.2 Å². The number of nitrogens with one attached hydrogen (secondary N) is 2. The maximum Gasteiger partial charge on any atom is 0.240 e.